The minimum atomic E-state index is 0.422. The fourth-order valence-corrected chi connectivity index (χ4v) is 2.79. The van der Waals surface area contributed by atoms with Crippen molar-refractivity contribution in [1.82, 2.24) is 4.57 Å². The van der Waals surface area contributed by atoms with Crippen molar-refractivity contribution in [3.63, 3.8) is 0 Å². The number of para-hydroxylation sites is 1. The number of rotatable bonds is 1. The van der Waals surface area contributed by atoms with Crippen molar-refractivity contribution in [1.29, 1.82) is 0 Å². The topological polar surface area (TPSA) is 30.9 Å². The molecule has 0 bridgehead atoms. The molecule has 0 fully saturated rings. The summed E-state index contributed by atoms with van der Waals surface area (Å²) in [5.41, 5.74) is 9.38. The van der Waals surface area contributed by atoms with Crippen LogP contribution in [0.3, 0.4) is 0 Å². The summed E-state index contributed by atoms with van der Waals surface area (Å²) in [6, 6.07) is 14.0. The van der Waals surface area contributed by atoms with Gasteiger partial charge in [-0.3, -0.25) is 0 Å². The van der Waals surface area contributed by atoms with Crippen LogP contribution >= 0.6 is 23.2 Å². The molecule has 0 spiro atoms. The highest BCUT2D eigenvalue weighted by Crippen LogP contribution is 2.35. The number of nitrogens with zero attached hydrogens (tertiary/aromatic N) is 1. The van der Waals surface area contributed by atoms with Crippen molar-refractivity contribution in [3.05, 3.63) is 52.5 Å². The van der Waals surface area contributed by atoms with Gasteiger partial charge in [-0.05, 0) is 24.3 Å². The minimum absolute atomic E-state index is 0.422. The molecule has 3 rings (SSSR count). The normalized spacial score (nSPS) is 11.1. The molecule has 0 radical (unpaired) electrons. The third-order valence-electron chi connectivity index (χ3n) is 3.33. The van der Waals surface area contributed by atoms with Crippen LogP contribution < -0.4 is 5.73 Å². The van der Waals surface area contributed by atoms with Crippen LogP contribution in [-0.4, -0.2) is 4.57 Å². The van der Waals surface area contributed by atoms with E-state index in [9.17, 15) is 0 Å². The predicted molar refractivity (Wildman–Crippen MR) is 82.8 cm³/mol. The van der Waals surface area contributed by atoms with Gasteiger partial charge < -0.3 is 10.3 Å². The van der Waals surface area contributed by atoms with Crippen molar-refractivity contribution in [2.75, 3.05) is 5.73 Å². The van der Waals surface area contributed by atoms with Crippen molar-refractivity contribution in [3.8, 4) is 11.3 Å². The largest absolute Gasteiger partial charge is 0.396 e. The molecule has 0 aliphatic carbocycles. The van der Waals surface area contributed by atoms with Crippen molar-refractivity contribution >= 4 is 39.8 Å². The van der Waals surface area contributed by atoms with E-state index in [0.717, 1.165) is 11.3 Å². The zero-order valence-electron chi connectivity index (χ0n) is 10.3. The van der Waals surface area contributed by atoms with E-state index in [4.69, 9.17) is 28.9 Å². The van der Waals surface area contributed by atoms with E-state index < -0.39 is 0 Å². The summed E-state index contributed by atoms with van der Waals surface area (Å²) < 4.78 is 2.12. The summed E-state index contributed by atoms with van der Waals surface area (Å²) in [5.74, 6) is 0. The maximum Gasteiger partial charge on any atom is 0.0693 e. The number of fused-ring (bicyclic) bond motifs is 1. The second-order valence-corrected chi connectivity index (χ2v) is 5.32. The Morgan fingerprint density at radius 2 is 1.63 bits per heavy atom. The van der Waals surface area contributed by atoms with Gasteiger partial charge in [0.2, 0.25) is 0 Å². The Labute approximate surface area is 121 Å². The zero-order chi connectivity index (χ0) is 13.6. The highest BCUT2D eigenvalue weighted by Gasteiger charge is 2.11. The van der Waals surface area contributed by atoms with E-state index in [-0.39, 0.29) is 0 Å². The molecule has 0 saturated carbocycles. The Morgan fingerprint density at radius 1 is 1.00 bits per heavy atom. The number of nitrogen functional groups attached to an aromatic ring is 1. The molecule has 0 aliphatic heterocycles. The van der Waals surface area contributed by atoms with Crippen molar-refractivity contribution < 1.29 is 0 Å². The van der Waals surface area contributed by atoms with E-state index in [1.807, 2.05) is 31.3 Å². The van der Waals surface area contributed by atoms with E-state index in [2.05, 4.69) is 22.8 Å². The first kappa shape index (κ1) is 12.4. The van der Waals surface area contributed by atoms with Gasteiger partial charge in [0.25, 0.3) is 0 Å². The summed E-state index contributed by atoms with van der Waals surface area (Å²) in [6.45, 7) is 0. The molecular formula is C15H12Cl2N2. The first-order chi connectivity index (χ1) is 9.08. The number of halogens is 2. The molecule has 2 N–H and O–H groups in total. The molecule has 4 heteroatoms. The van der Waals surface area contributed by atoms with Gasteiger partial charge in [0.05, 0.1) is 15.7 Å². The third kappa shape index (κ3) is 1.97. The number of aryl methyl sites for hydroxylation is 1. The maximum absolute atomic E-state index is 6.10. The fourth-order valence-electron chi connectivity index (χ4n) is 2.30. The summed E-state index contributed by atoms with van der Waals surface area (Å²) in [5, 5.41) is 2.14. The maximum atomic E-state index is 6.10. The van der Waals surface area contributed by atoms with Crippen molar-refractivity contribution in [2.45, 2.75) is 0 Å². The summed E-state index contributed by atoms with van der Waals surface area (Å²) in [7, 11) is 2.02. The molecule has 0 atom stereocenters. The molecule has 0 aliphatic rings. The highest BCUT2D eigenvalue weighted by molar-refractivity contribution is 6.39. The van der Waals surface area contributed by atoms with E-state index in [1.54, 1.807) is 0 Å². The number of hydrogen-bond acceptors (Lipinski definition) is 1. The second kappa shape index (κ2) is 4.48. The average molecular weight is 291 g/mol. The smallest absolute Gasteiger partial charge is 0.0693 e. The number of anilines is 1. The van der Waals surface area contributed by atoms with Crippen molar-refractivity contribution in [2.24, 2.45) is 7.05 Å². The van der Waals surface area contributed by atoms with E-state index in [0.29, 0.717) is 15.7 Å². The first-order valence-electron chi connectivity index (χ1n) is 5.87. The van der Waals surface area contributed by atoms with Gasteiger partial charge in [-0.25, -0.2) is 0 Å². The molecule has 1 aromatic heterocycles. The molecular weight excluding hydrogens is 279 g/mol. The summed E-state index contributed by atoms with van der Waals surface area (Å²) in [6.07, 6.45) is 0. The van der Waals surface area contributed by atoms with Crippen LogP contribution in [0.4, 0.5) is 5.69 Å². The average Bonchev–Trinajstić information content (AvgIpc) is 2.73. The molecule has 3 aromatic rings. The SMILES string of the molecule is Cn1c(-c2cc(Cl)c(N)c(Cl)c2)cc2ccccc21. The number of aromatic nitrogens is 1. The summed E-state index contributed by atoms with van der Waals surface area (Å²) in [4.78, 5) is 0. The highest BCUT2D eigenvalue weighted by atomic mass is 35.5. The fraction of sp³-hybridized carbons (Fsp3) is 0.0667. The molecule has 0 amide bonds. The molecule has 2 nitrogen and oxygen atoms in total. The minimum Gasteiger partial charge on any atom is -0.396 e. The lowest BCUT2D eigenvalue weighted by Crippen LogP contribution is -1.93. The van der Waals surface area contributed by atoms with Gasteiger partial charge in [0, 0.05) is 29.2 Å². The predicted octanol–water partition coefficient (Wildman–Crippen LogP) is 4.73. The van der Waals surface area contributed by atoms with Crippen LogP contribution in [-0.2, 0) is 7.05 Å². The Bertz CT molecular complexity index is 752. The zero-order valence-corrected chi connectivity index (χ0v) is 11.8. The molecule has 0 unspecified atom stereocenters. The lowest BCUT2D eigenvalue weighted by Gasteiger charge is -2.08. The quantitative estimate of drug-likeness (QED) is 0.645. The second-order valence-electron chi connectivity index (χ2n) is 4.50. The molecule has 1 heterocycles. The Kier molecular flexibility index (Phi) is 2.92. The molecule has 19 heavy (non-hydrogen) atoms. The Hall–Kier alpha value is -1.64. The lowest BCUT2D eigenvalue weighted by molar-refractivity contribution is 0.978. The number of benzene rings is 2. The van der Waals surface area contributed by atoms with Gasteiger partial charge in [0.15, 0.2) is 0 Å². The van der Waals surface area contributed by atoms with Crippen LogP contribution in [0.25, 0.3) is 22.2 Å². The van der Waals surface area contributed by atoms with Crippen LogP contribution in [0.2, 0.25) is 10.0 Å². The van der Waals surface area contributed by atoms with Crippen LogP contribution in [0.1, 0.15) is 0 Å². The lowest BCUT2D eigenvalue weighted by atomic mass is 10.1. The van der Waals surface area contributed by atoms with Crippen LogP contribution in [0.15, 0.2) is 42.5 Å². The Morgan fingerprint density at radius 3 is 2.26 bits per heavy atom. The third-order valence-corrected chi connectivity index (χ3v) is 3.95. The standard InChI is InChI=1S/C15H12Cl2N2/c1-19-13-5-3-2-4-9(13)8-14(19)10-6-11(16)15(18)12(17)7-10/h2-8H,18H2,1H3. The van der Waals surface area contributed by atoms with Gasteiger partial charge in [-0.2, -0.15) is 0 Å². The summed E-state index contributed by atoms with van der Waals surface area (Å²) >= 11 is 12.2. The van der Waals surface area contributed by atoms with E-state index >= 15 is 0 Å². The number of nitrogens with two attached hydrogens (primary N) is 1. The van der Waals surface area contributed by atoms with Gasteiger partial charge >= 0.3 is 0 Å². The molecule has 2 aromatic carbocycles. The number of hydrogen-bond donors (Lipinski definition) is 1. The van der Waals surface area contributed by atoms with Gasteiger partial charge in [-0.15, -0.1) is 0 Å². The van der Waals surface area contributed by atoms with Crippen LogP contribution in [0, 0.1) is 0 Å². The monoisotopic (exact) mass is 290 g/mol. The van der Waals surface area contributed by atoms with Gasteiger partial charge in [0.1, 0.15) is 0 Å². The van der Waals surface area contributed by atoms with E-state index in [1.165, 1.54) is 10.9 Å². The molecule has 96 valence electrons. The Balaban J connectivity index is 2.27. The molecule has 0 saturated heterocycles. The van der Waals surface area contributed by atoms with Crippen LogP contribution in [0.5, 0.6) is 0 Å². The first-order valence-corrected chi connectivity index (χ1v) is 6.63. The van der Waals surface area contributed by atoms with Gasteiger partial charge in [-0.1, -0.05) is 41.4 Å².